The van der Waals surface area contributed by atoms with Crippen LogP contribution in [0.4, 0.5) is 0 Å². The van der Waals surface area contributed by atoms with Gasteiger partial charge in [0.1, 0.15) is 0 Å². The SMILES string of the molecule is C=C(CC(=O)c1ccc[nH]1)C(=O)O. The summed E-state index contributed by atoms with van der Waals surface area (Å²) in [5, 5.41) is 8.47. The van der Waals surface area contributed by atoms with Gasteiger partial charge in [0.25, 0.3) is 0 Å². The van der Waals surface area contributed by atoms with Gasteiger partial charge in [0.15, 0.2) is 5.78 Å². The lowest BCUT2D eigenvalue weighted by Crippen LogP contribution is -2.06. The molecule has 0 spiro atoms. The highest BCUT2D eigenvalue weighted by Crippen LogP contribution is 2.05. The lowest BCUT2D eigenvalue weighted by Gasteiger charge is -1.97. The zero-order valence-corrected chi connectivity index (χ0v) is 6.91. The number of carbonyl (C=O) groups is 2. The molecule has 0 aromatic carbocycles. The normalized spacial score (nSPS) is 9.54. The maximum atomic E-state index is 11.3. The number of aromatic nitrogens is 1. The maximum Gasteiger partial charge on any atom is 0.331 e. The largest absolute Gasteiger partial charge is 0.478 e. The van der Waals surface area contributed by atoms with Crippen LogP contribution in [0.15, 0.2) is 30.5 Å². The molecule has 1 aromatic heterocycles. The van der Waals surface area contributed by atoms with Gasteiger partial charge in [-0.3, -0.25) is 4.79 Å². The minimum Gasteiger partial charge on any atom is -0.478 e. The summed E-state index contributed by atoms with van der Waals surface area (Å²) in [7, 11) is 0. The van der Waals surface area contributed by atoms with Crippen LogP contribution in [0.3, 0.4) is 0 Å². The number of Topliss-reactive ketones (excluding diaryl/α,β-unsaturated/α-hetero) is 1. The zero-order valence-electron chi connectivity index (χ0n) is 6.91. The van der Waals surface area contributed by atoms with Crippen LogP contribution in [-0.2, 0) is 4.79 Å². The van der Waals surface area contributed by atoms with Gasteiger partial charge < -0.3 is 10.1 Å². The summed E-state index contributed by atoms with van der Waals surface area (Å²) in [6.45, 7) is 3.27. The molecule has 1 rings (SSSR count). The van der Waals surface area contributed by atoms with E-state index in [2.05, 4.69) is 11.6 Å². The Kier molecular flexibility index (Phi) is 2.64. The number of aromatic amines is 1. The van der Waals surface area contributed by atoms with E-state index in [-0.39, 0.29) is 17.8 Å². The van der Waals surface area contributed by atoms with Crippen molar-refractivity contribution in [1.29, 1.82) is 0 Å². The van der Waals surface area contributed by atoms with Crippen LogP contribution in [-0.4, -0.2) is 21.8 Å². The Morgan fingerprint density at radius 2 is 2.23 bits per heavy atom. The van der Waals surface area contributed by atoms with Crippen LogP contribution < -0.4 is 0 Å². The molecule has 0 unspecified atom stereocenters. The molecule has 4 nitrogen and oxygen atoms in total. The summed E-state index contributed by atoms with van der Waals surface area (Å²) >= 11 is 0. The average Bonchev–Trinajstić information content (AvgIpc) is 2.55. The van der Waals surface area contributed by atoms with Crippen molar-refractivity contribution in [3.8, 4) is 0 Å². The van der Waals surface area contributed by atoms with Gasteiger partial charge >= 0.3 is 5.97 Å². The van der Waals surface area contributed by atoms with E-state index in [0.29, 0.717) is 5.69 Å². The van der Waals surface area contributed by atoms with E-state index in [1.54, 1.807) is 18.3 Å². The number of rotatable bonds is 4. The molecule has 1 heterocycles. The van der Waals surface area contributed by atoms with E-state index in [1.165, 1.54) is 0 Å². The third kappa shape index (κ3) is 2.30. The first-order valence-corrected chi connectivity index (χ1v) is 3.69. The second-order valence-corrected chi connectivity index (χ2v) is 2.59. The quantitative estimate of drug-likeness (QED) is 0.539. The van der Waals surface area contributed by atoms with Crippen LogP contribution in [0.5, 0.6) is 0 Å². The van der Waals surface area contributed by atoms with Crippen molar-refractivity contribution in [2.75, 3.05) is 0 Å². The van der Waals surface area contributed by atoms with Crippen LogP contribution in [0.2, 0.25) is 0 Å². The van der Waals surface area contributed by atoms with Crippen molar-refractivity contribution >= 4 is 11.8 Å². The van der Waals surface area contributed by atoms with Gasteiger partial charge in [0.2, 0.25) is 0 Å². The summed E-state index contributed by atoms with van der Waals surface area (Å²) in [6, 6.07) is 3.27. The van der Waals surface area contributed by atoms with Crippen LogP contribution >= 0.6 is 0 Å². The number of nitrogens with one attached hydrogen (secondary N) is 1. The van der Waals surface area contributed by atoms with Crippen LogP contribution in [0.1, 0.15) is 16.9 Å². The Morgan fingerprint density at radius 3 is 2.69 bits per heavy atom. The number of aliphatic carboxylic acids is 1. The molecule has 13 heavy (non-hydrogen) atoms. The highest BCUT2D eigenvalue weighted by atomic mass is 16.4. The highest BCUT2D eigenvalue weighted by molar-refractivity contribution is 6.01. The number of carboxylic acid groups (broad SMARTS) is 1. The van der Waals surface area contributed by atoms with Gasteiger partial charge in [-0.15, -0.1) is 0 Å². The number of hydrogen-bond acceptors (Lipinski definition) is 2. The van der Waals surface area contributed by atoms with Crippen molar-refractivity contribution in [3.05, 3.63) is 36.2 Å². The Hall–Kier alpha value is -1.84. The standard InChI is InChI=1S/C9H9NO3/c1-6(9(12)13)5-8(11)7-3-2-4-10-7/h2-4,10H,1,5H2,(H,12,13). The van der Waals surface area contributed by atoms with E-state index >= 15 is 0 Å². The summed E-state index contributed by atoms with van der Waals surface area (Å²) in [6.07, 6.45) is 1.45. The van der Waals surface area contributed by atoms with Crippen molar-refractivity contribution in [2.24, 2.45) is 0 Å². The summed E-state index contributed by atoms with van der Waals surface area (Å²) < 4.78 is 0. The number of hydrogen-bond donors (Lipinski definition) is 2. The molecule has 2 N–H and O–H groups in total. The fraction of sp³-hybridized carbons (Fsp3) is 0.111. The van der Waals surface area contributed by atoms with E-state index in [4.69, 9.17) is 5.11 Å². The molecule has 0 atom stereocenters. The molecule has 0 aliphatic carbocycles. The summed E-state index contributed by atoms with van der Waals surface area (Å²) in [5.74, 6) is -1.41. The van der Waals surface area contributed by atoms with E-state index < -0.39 is 5.97 Å². The first-order valence-electron chi connectivity index (χ1n) is 3.69. The Balaban J connectivity index is 2.62. The predicted octanol–water partition coefficient (Wildman–Crippen LogP) is 1.23. The number of ketones is 1. The second-order valence-electron chi connectivity index (χ2n) is 2.59. The monoisotopic (exact) mass is 179 g/mol. The van der Waals surface area contributed by atoms with E-state index in [9.17, 15) is 9.59 Å². The first-order chi connectivity index (χ1) is 6.11. The molecule has 0 aliphatic rings. The fourth-order valence-corrected chi connectivity index (χ4v) is 0.868. The number of carbonyl (C=O) groups excluding carboxylic acids is 1. The van der Waals surface area contributed by atoms with E-state index in [1.807, 2.05) is 0 Å². The van der Waals surface area contributed by atoms with Gasteiger partial charge in [-0.05, 0) is 12.1 Å². The molecule has 0 amide bonds. The minimum absolute atomic E-state index is 0.0976. The van der Waals surface area contributed by atoms with Crippen molar-refractivity contribution < 1.29 is 14.7 Å². The molecule has 0 bridgehead atoms. The zero-order chi connectivity index (χ0) is 9.84. The highest BCUT2D eigenvalue weighted by Gasteiger charge is 2.12. The van der Waals surface area contributed by atoms with Gasteiger partial charge in [-0.2, -0.15) is 0 Å². The summed E-state index contributed by atoms with van der Waals surface area (Å²) in [5.41, 5.74) is 0.307. The van der Waals surface area contributed by atoms with Gasteiger partial charge in [0, 0.05) is 18.2 Å². The lowest BCUT2D eigenvalue weighted by atomic mass is 10.1. The minimum atomic E-state index is -1.14. The smallest absolute Gasteiger partial charge is 0.331 e. The maximum absolute atomic E-state index is 11.3. The number of H-pyrrole nitrogens is 1. The van der Waals surface area contributed by atoms with Crippen molar-refractivity contribution in [1.82, 2.24) is 4.98 Å². The number of carboxylic acids is 1. The van der Waals surface area contributed by atoms with Gasteiger partial charge in [0.05, 0.1) is 5.69 Å². The topological polar surface area (TPSA) is 70.2 Å². The molecule has 0 fully saturated rings. The first kappa shape index (κ1) is 9.25. The van der Waals surface area contributed by atoms with Gasteiger partial charge in [-0.25, -0.2) is 4.79 Å². The molecular formula is C9H9NO3. The predicted molar refractivity (Wildman–Crippen MR) is 46.5 cm³/mol. The molecule has 4 heteroatoms. The van der Waals surface area contributed by atoms with Crippen LogP contribution in [0, 0.1) is 0 Å². The molecule has 0 saturated carbocycles. The molecule has 0 saturated heterocycles. The summed E-state index contributed by atoms with van der Waals surface area (Å²) in [4.78, 5) is 24.3. The molecule has 0 radical (unpaired) electrons. The molecule has 68 valence electrons. The fourth-order valence-electron chi connectivity index (χ4n) is 0.868. The second kappa shape index (κ2) is 3.71. The van der Waals surface area contributed by atoms with Gasteiger partial charge in [-0.1, -0.05) is 6.58 Å². The van der Waals surface area contributed by atoms with Crippen molar-refractivity contribution in [3.63, 3.8) is 0 Å². The Morgan fingerprint density at radius 1 is 1.54 bits per heavy atom. The van der Waals surface area contributed by atoms with E-state index in [0.717, 1.165) is 0 Å². The average molecular weight is 179 g/mol. The molecule has 1 aromatic rings. The lowest BCUT2D eigenvalue weighted by molar-refractivity contribution is -0.132. The van der Waals surface area contributed by atoms with Crippen LogP contribution in [0.25, 0.3) is 0 Å². The Labute approximate surface area is 74.9 Å². The van der Waals surface area contributed by atoms with Crippen molar-refractivity contribution in [2.45, 2.75) is 6.42 Å². The third-order valence-corrected chi connectivity index (χ3v) is 1.57. The third-order valence-electron chi connectivity index (χ3n) is 1.57. The Bertz CT molecular complexity index is 338. The molecule has 0 aliphatic heterocycles. The molecular weight excluding hydrogens is 170 g/mol.